The standard InChI is InChI=1S/C18H25N5O2S.HI/c1-5-19-17(21-11-16-22-12(2)13(3)26-16)20-10-14-6-8-15(9-7-14)23-18(24)25-4;/h6-9H,5,10-11H2,1-4H3,(H,23,24)(H2,19,20,21);1H. The number of carbonyl (C=O) groups excluding carboxylic acids is 1. The first-order valence-electron chi connectivity index (χ1n) is 8.40. The summed E-state index contributed by atoms with van der Waals surface area (Å²) in [6, 6.07) is 7.49. The molecule has 27 heavy (non-hydrogen) atoms. The molecule has 0 aliphatic carbocycles. The molecule has 2 aromatic rings. The third-order valence-corrected chi connectivity index (χ3v) is 4.70. The van der Waals surface area contributed by atoms with Gasteiger partial charge in [0.25, 0.3) is 0 Å². The van der Waals surface area contributed by atoms with Gasteiger partial charge in [0.2, 0.25) is 0 Å². The number of amides is 1. The zero-order chi connectivity index (χ0) is 18.9. The van der Waals surface area contributed by atoms with Gasteiger partial charge in [-0.3, -0.25) is 5.32 Å². The molecule has 0 unspecified atom stereocenters. The highest BCUT2D eigenvalue weighted by Crippen LogP contribution is 2.16. The molecule has 2 rings (SSSR count). The lowest BCUT2D eigenvalue weighted by Gasteiger charge is -2.10. The Morgan fingerprint density at radius 3 is 2.48 bits per heavy atom. The minimum Gasteiger partial charge on any atom is -0.453 e. The molecule has 1 aromatic heterocycles. The van der Waals surface area contributed by atoms with Crippen LogP contribution in [0.25, 0.3) is 0 Å². The quantitative estimate of drug-likeness (QED) is 0.317. The number of nitrogens with one attached hydrogen (secondary N) is 3. The van der Waals surface area contributed by atoms with Crippen LogP contribution in [0.3, 0.4) is 0 Å². The van der Waals surface area contributed by atoms with Gasteiger partial charge >= 0.3 is 6.09 Å². The fourth-order valence-electron chi connectivity index (χ4n) is 2.15. The molecule has 0 aliphatic heterocycles. The van der Waals surface area contributed by atoms with E-state index in [1.807, 2.05) is 38.1 Å². The molecule has 0 saturated carbocycles. The molecule has 0 aliphatic rings. The van der Waals surface area contributed by atoms with Crippen molar-refractivity contribution in [2.75, 3.05) is 19.0 Å². The van der Waals surface area contributed by atoms with Gasteiger partial charge in [0.05, 0.1) is 25.9 Å². The topological polar surface area (TPSA) is 87.6 Å². The number of aromatic nitrogens is 1. The second-order valence-corrected chi connectivity index (χ2v) is 6.90. The van der Waals surface area contributed by atoms with Crippen molar-refractivity contribution in [1.82, 2.24) is 15.6 Å². The largest absolute Gasteiger partial charge is 0.453 e. The van der Waals surface area contributed by atoms with Crippen LogP contribution in [0.4, 0.5) is 10.5 Å². The summed E-state index contributed by atoms with van der Waals surface area (Å²) in [5.74, 6) is 0.745. The average Bonchev–Trinajstić information content (AvgIpc) is 2.96. The molecule has 7 nitrogen and oxygen atoms in total. The third-order valence-electron chi connectivity index (χ3n) is 3.63. The lowest BCUT2D eigenvalue weighted by atomic mass is 10.2. The Morgan fingerprint density at radius 2 is 1.93 bits per heavy atom. The predicted molar refractivity (Wildman–Crippen MR) is 121 cm³/mol. The maximum atomic E-state index is 11.2. The van der Waals surface area contributed by atoms with E-state index in [1.165, 1.54) is 12.0 Å². The Labute approximate surface area is 181 Å². The highest BCUT2D eigenvalue weighted by molar-refractivity contribution is 14.0. The predicted octanol–water partition coefficient (Wildman–Crippen LogP) is 3.81. The van der Waals surface area contributed by atoms with E-state index >= 15 is 0 Å². The normalized spacial score (nSPS) is 10.7. The number of methoxy groups -OCH3 is 1. The Hall–Kier alpha value is -1.88. The Balaban J connectivity index is 0.00000364. The number of rotatable bonds is 6. The molecule has 0 atom stereocenters. The van der Waals surface area contributed by atoms with Crippen molar-refractivity contribution < 1.29 is 9.53 Å². The maximum absolute atomic E-state index is 11.2. The van der Waals surface area contributed by atoms with Crippen LogP contribution in [0.15, 0.2) is 29.3 Å². The Morgan fingerprint density at radius 1 is 1.22 bits per heavy atom. The SMILES string of the molecule is CCNC(=NCc1ccc(NC(=O)OC)cc1)NCc1nc(C)c(C)s1.I. The number of thiazole rings is 1. The van der Waals surface area contributed by atoms with E-state index in [-0.39, 0.29) is 24.0 Å². The van der Waals surface area contributed by atoms with E-state index < -0.39 is 6.09 Å². The van der Waals surface area contributed by atoms with E-state index in [2.05, 4.69) is 37.6 Å². The molecule has 0 fully saturated rings. The number of carbonyl (C=O) groups is 1. The summed E-state index contributed by atoms with van der Waals surface area (Å²) in [4.78, 5) is 21.6. The summed E-state index contributed by atoms with van der Waals surface area (Å²) in [7, 11) is 1.34. The van der Waals surface area contributed by atoms with Gasteiger partial charge in [0.15, 0.2) is 5.96 Å². The van der Waals surface area contributed by atoms with Crippen molar-refractivity contribution in [3.05, 3.63) is 45.4 Å². The summed E-state index contributed by atoms with van der Waals surface area (Å²) in [5.41, 5.74) is 2.80. The van der Waals surface area contributed by atoms with Gasteiger partial charge in [-0.05, 0) is 38.5 Å². The van der Waals surface area contributed by atoms with Crippen LogP contribution >= 0.6 is 35.3 Å². The molecule has 0 saturated heterocycles. The molecule has 1 aromatic carbocycles. The van der Waals surface area contributed by atoms with Gasteiger partial charge in [-0.15, -0.1) is 35.3 Å². The van der Waals surface area contributed by atoms with E-state index in [4.69, 9.17) is 0 Å². The van der Waals surface area contributed by atoms with E-state index in [1.54, 1.807) is 11.3 Å². The molecule has 0 spiro atoms. The van der Waals surface area contributed by atoms with Crippen LogP contribution in [-0.2, 0) is 17.8 Å². The van der Waals surface area contributed by atoms with Crippen molar-refractivity contribution in [1.29, 1.82) is 0 Å². The van der Waals surface area contributed by atoms with Crippen LogP contribution in [0.1, 0.15) is 28.1 Å². The van der Waals surface area contributed by atoms with E-state index in [9.17, 15) is 4.79 Å². The fourth-order valence-corrected chi connectivity index (χ4v) is 3.02. The number of hydrogen-bond acceptors (Lipinski definition) is 5. The lowest BCUT2D eigenvalue weighted by Crippen LogP contribution is -2.36. The third kappa shape index (κ3) is 7.71. The summed E-state index contributed by atoms with van der Waals surface area (Å²) >= 11 is 1.70. The first-order valence-corrected chi connectivity index (χ1v) is 9.22. The summed E-state index contributed by atoms with van der Waals surface area (Å²) in [6.07, 6.45) is -0.484. The number of aliphatic imine (C=N–C) groups is 1. The number of nitrogens with zero attached hydrogens (tertiary/aromatic N) is 2. The monoisotopic (exact) mass is 503 g/mol. The van der Waals surface area contributed by atoms with Crippen LogP contribution in [0.5, 0.6) is 0 Å². The van der Waals surface area contributed by atoms with Crippen LogP contribution in [-0.4, -0.2) is 30.7 Å². The van der Waals surface area contributed by atoms with Gasteiger partial charge < -0.3 is 15.4 Å². The van der Waals surface area contributed by atoms with Crippen molar-refractivity contribution in [3.63, 3.8) is 0 Å². The molecule has 0 radical (unpaired) electrons. The van der Waals surface area contributed by atoms with Crippen LogP contribution in [0.2, 0.25) is 0 Å². The van der Waals surface area contributed by atoms with Gasteiger partial charge in [0, 0.05) is 17.1 Å². The molecular formula is C18H26IN5O2S. The molecule has 148 valence electrons. The first-order chi connectivity index (χ1) is 12.5. The number of hydrogen-bond donors (Lipinski definition) is 3. The van der Waals surface area contributed by atoms with E-state index in [0.29, 0.717) is 18.8 Å². The Bertz CT molecular complexity index is 742. The first kappa shape index (κ1) is 23.2. The number of halogens is 1. The fraction of sp³-hybridized carbons (Fsp3) is 0.389. The van der Waals surface area contributed by atoms with Gasteiger partial charge in [-0.25, -0.2) is 14.8 Å². The van der Waals surface area contributed by atoms with Gasteiger partial charge in [-0.2, -0.15) is 0 Å². The zero-order valence-corrected chi connectivity index (χ0v) is 19.1. The summed E-state index contributed by atoms with van der Waals surface area (Å²) in [6.45, 7) is 8.09. The number of guanidine groups is 1. The molecule has 3 N–H and O–H groups in total. The second-order valence-electron chi connectivity index (χ2n) is 5.61. The van der Waals surface area contributed by atoms with Gasteiger partial charge in [0.1, 0.15) is 5.01 Å². The molecule has 1 heterocycles. The zero-order valence-electron chi connectivity index (χ0n) is 16.0. The smallest absolute Gasteiger partial charge is 0.411 e. The highest BCUT2D eigenvalue weighted by Gasteiger charge is 2.05. The van der Waals surface area contributed by atoms with Crippen molar-refractivity contribution in [3.8, 4) is 0 Å². The number of ether oxygens (including phenoxy) is 1. The minimum absolute atomic E-state index is 0. The minimum atomic E-state index is -0.484. The van der Waals surface area contributed by atoms with Crippen LogP contribution < -0.4 is 16.0 Å². The Kier molecular flexibility index (Phi) is 10.1. The lowest BCUT2D eigenvalue weighted by molar-refractivity contribution is 0.187. The van der Waals surface area contributed by atoms with Crippen LogP contribution in [0, 0.1) is 13.8 Å². The number of anilines is 1. The molecular weight excluding hydrogens is 477 g/mol. The second kappa shape index (κ2) is 11.8. The molecule has 0 bridgehead atoms. The number of benzene rings is 1. The van der Waals surface area contributed by atoms with Crippen molar-refractivity contribution >= 4 is 53.1 Å². The van der Waals surface area contributed by atoms with Crippen molar-refractivity contribution in [2.24, 2.45) is 4.99 Å². The number of aryl methyl sites for hydroxylation is 2. The molecule has 1 amide bonds. The average molecular weight is 503 g/mol. The summed E-state index contributed by atoms with van der Waals surface area (Å²) in [5, 5.41) is 10.2. The highest BCUT2D eigenvalue weighted by atomic mass is 127. The maximum Gasteiger partial charge on any atom is 0.411 e. The van der Waals surface area contributed by atoms with E-state index in [0.717, 1.165) is 28.8 Å². The summed E-state index contributed by atoms with van der Waals surface area (Å²) < 4.78 is 4.57. The van der Waals surface area contributed by atoms with Crippen molar-refractivity contribution in [2.45, 2.75) is 33.9 Å². The van der Waals surface area contributed by atoms with Gasteiger partial charge in [-0.1, -0.05) is 12.1 Å². The molecule has 9 heteroatoms.